The summed E-state index contributed by atoms with van der Waals surface area (Å²) in [5.74, 6) is -1.34. The first-order chi connectivity index (χ1) is 17.5. The fraction of sp³-hybridized carbons (Fsp3) is 0.464. The molecule has 1 unspecified atom stereocenters. The minimum atomic E-state index is -1.08. The van der Waals surface area contributed by atoms with E-state index < -0.39 is 23.5 Å². The summed E-state index contributed by atoms with van der Waals surface area (Å²) in [7, 11) is 5.65. The average Bonchev–Trinajstić information content (AvgIpc) is 2.87. The minimum absolute atomic E-state index is 0.0316. The molecule has 1 fully saturated rings. The molecule has 1 saturated carbocycles. The van der Waals surface area contributed by atoms with E-state index in [2.05, 4.69) is 4.90 Å². The number of carbonyl (C=O) groups is 3. The number of aliphatic hydroxyl groups is 1. The molecule has 3 rings (SSSR count). The maximum atomic E-state index is 12.4. The van der Waals surface area contributed by atoms with E-state index in [0.29, 0.717) is 17.1 Å². The molecule has 0 saturated heterocycles. The number of esters is 1. The Balaban J connectivity index is 0.000000521. The van der Waals surface area contributed by atoms with Crippen LogP contribution in [0.2, 0.25) is 0 Å². The van der Waals surface area contributed by atoms with E-state index in [-0.39, 0.29) is 18.8 Å². The molecule has 2 aromatic carbocycles. The van der Waals surface area contributed by atoms with Gasteiger partial charge in [0, 0.05) is 12.5 Å². The van der Waals surface area contributed by atoms with Crippen LogP contribution in [0.1, 0.15) is 66.8 Å². The number of methoxy groups -OCH3 is 1. The van der Waals surface area contributed by atoms with Gasteiger partial charge in [0.05, 0.1) is 31.1 Å². The van der Waals surface area contributed by atoms with Crippen LogP contribution in [0.3, 0.4) is 0 Å². The van der Waals surface area contributed by atoms with Gasteiger partial charge in [0.1, 0.15) is 11.5 Å². The molecule has 0 amide bonds. The topological polar surface area (TPSA) is 134 Å². The fourth-order valence-corrected chi connectivity index (χ4v) is 4.34. The number of rotatable bonds is 10. The number of aliphatic carboxylic acids is 2. The Kier molecular flexibility index (Phi) is 11.6. The number of carbonyl (C=O) groups excluding carboxylic acids is 1. The standard InChI is InChI=1S/C24H31NO4.C4H6O4/c1-25(2)17-22(24(27)15-5-4-6-16-24)18-7-13-21(14-8-18)29-23(26)19-9-11-20(28-3)12-10-19;5-3(6)1-2-4(7)8/h7-14,22,27H,4-6,15-17H2,1-3H3;1-2H2,(H,5,6)(H,7,8). The molecule has 3 N–H and O–H groups in total. The molecular weight excluding hydrogens is 478 g/mol. The number of likely N-dealkylation sites (N-methyl/N-ethyl adjacent to an activating group) is 1. The Morgan fingerprint density at radius 2 is 1.38 bits per heavy atom. The summed E-state index contributed by atoms with van der Waals surface area (Å²) in [6, 6.07) is 14.4. The molecule has 9 nitrogen and oxygen atoms in total. The molecule has 9 heteroatoms. The van der Waals surface area contributed by atoms with Gasteiger partial charge in [0.25, 0.3) is 0 Å². The Hall–Kier alpha value is -3.43. The number of nitrogens with zero attached hydrogens (tertiary/aromatic N) is 1. The predicted octanol–water partition coefficient (Wildman–Crippen LogP) is 4.19. The number of ether oxygens (including phenoxy) is 2. The molecule has 0 heterocycles. The molecule has 202 valence electrons. The van der Waals surface area contributed by atoms with Gasteiger partial charge in [-0.05, 0) is 68.9 Å². The number of benzene rings is 2. The number of hydrogen-bond acceptors (Lipinski definition) is 7. The normalized spacial score (nSPS) is 15.2. The van der Waals surface area contributed by atoms with Crippen LogP contribution in [0.4, 0.5) is 0 Å². The molecule has 1 aliphatic rings. The maximum absolute atomic E-state index is 12.4. The fourth-order valence-electron chi connectivity index (χ4n) is 4.34. The van der Waals surface area contributed by atoms with Crippen molar-refractivity contribution in [1.29, 1.82) is 0 Å². The Bertz CT molecular complexity index is 997. The lowest BCUT2D eigenvalue weighted by Gasteiger charge is -2.40. The summed E-state index contributed by atoms with van der Waals surface area (Å²) in [5.41, 5.74) is 0.869. The largest absolute Gasteiger partial charge is 0.497 e. The first kappa shape index (κ1) is 29.8. The third kappa shape index (κ3) is 9.86. The van der Waals surface area contributed by atoms with E-state index in [4.69, 9.17) is 19.7 Å². The zero-order chi connectivity index (χ0) is 27.4. The molecule has 2 aromatic rings. The lowest BCUT2D eigenvalue weighted by Crippen LogP contribution is -2.42. The first-order valence-electron chi connectivity index (χ1n) is 12.3. The van der Waals surface area contributed by atoms with Crippen molar-refractivity contribution in [2.45, 2.75) is 56.5 Å². The van der Waals surface area contributed by atoms with Crippen molar-refractivity contribution in [2.24, 2.45) is 0 Å². The van der Waals surface area contributed by atoms with Crippen molar-refractivity contribution in [1.82, 2.24) is 4.90 Å². The highest BCUT2D eigenvalue weighted by molar-refractivity contribution is 5.91. The van der Waals surface area contributed by atoms with Gasteiger partial charge in [-0.2, -0.15) is 0 Å². The number of carboxylic acid groups (broad SMARTS) is 2. The monoisotopic (exact) mass is 515 g/mol. The van der Waals surface area contributed by atoms with Gasteiger partial charge in [0.2, 0.25) is 0 Å². The van der Waals surface area contributed by atoms with Crippen LogP contribution in [0, 0.1) is 0 Å². The lowest BCUT2D eigenvalue weighted by atomic mass is 9.72. The second-order valence-corrected chi connectivity index (χ2v) is 9.45. The molecule has 0 spiro atoms. The third-order valence-corrected chi connectivity index (χ3v) is 6.29. The van der Waals surface area contributed by atoms with Crippen molar-refractivity contribution in [2.75, 3.05) is 27.7 Å². The van der Waals surface area contributed by atoms with Crippen LogP contribution in [0.25, 0.3) is 0 Å². The summed E-state index contributed by atoms with van der Waals surface area (Å²) in [6.07, 6.45) is 4.40. The Morgan fingerprint density at radius 1 is 0.865 bits per heavy atom. The van der Waals surface area contributed by atoms with Crippen molar-refractivity contribution in [3.63, 3.8) is 0 Å². The van der Waals surface area contributed by atoms with Crippen LogP contribution >= 0.6 is 0 Å². The van der Waals surface area contributed by atoms with Gasteiger partial charge in [0.15, 0.2) is 0 Å². The SMILES string of the molecule is COc1ccc(C(=O)Oc2ccc(C(CN(C)C)C3(O)CCCCC3)cc2)cc1.O=C(O)CCC(=O)O. The number of carboxylic acids is 2. The van der Waals surface area contributed by atoms with Crippen LogP contribution in [-0.4, -0.2) is 71.5 Å². The lowest BCUT2D eigenvalue weighted by molar-refractivity contribution is -0.143. The zero-order valence-corrected chi connectivity index (χ0v) is 21.7. The summed E-state index contributed by atoms with van der Waals surface area (Å²) in [4.78, 5) is 33.8. The smallest absolute Gasteiger partial charge is 0.343 e. The van der Waals surface area contributed by atoms with Gasteiger partial charge in [-0.15, -0.1) is 0 Å². The predicted molar refractivity (Wildman–Crippen MR) is 138 cm³/mol. The minimum Gasteiger partial charge on any atom is -0.497 e. The summed E-state index contributed by atoms with van der Waals surface area (Å²) in [6.45, 7) is 0.779. The second kappa shape index (κ2) is 14.3. The molecule has 1 atom stereocenters. The quantitative estimate of drug-likeness (QED) is 0.314. The summed E-state index contributed by atoms with van der Waals surface area (Å²) in [5, 5.41) is 27.1. The van der Waals surface area contributed by atoms with Gasteiger partial charge in [-0.25, -0.2) is 4.79 Å². The molecule has 1 aliphatic carbocycles. The third-order valence-electron chi connectivity index (χ3n) is 6.29. The average molecular weight is 516 g/mol. The molecular formula is C28H37NO8. The maximum Gasteiger partial charge on any atom is 0.343 e. The molecule has 37 heavy (non-hydrogen) atoms. The van der Waals surface area contributed by atoms with E-state index in [1.54, 1.807) is 31.4 Å². The summed E-state index contributed by atoms with van der Waals surface area (Å²) >= 11 is 0. The van der Waals surface area contributed by atoms with Crippen molar-refractivity contribution in [3.05, 3.63) is 59.7 Å². The van der Waals surface area contributed by atoms with E-state index >= 15 is 0 Å². The highest BCUT2D eigenvalue weighted by Crippen LogP contribution is 2.40. The highest BCUT2D eigenvalue weighted by Gasteiger charge is 2.38. The van der Waals surface area contributed by atoms with Gasteiger partial charge >= 0.3 is 17.9 Å². The summed E-state index contributed by atoms with van der Waals surface area (Å²) < 4.78 is 10.6. The van der Waals surface area contributed by atoms with Crippen molar-refractivity contribution in [3.8, 4) is 11.5 Å². The van der Waals surface area contributed by atoms with E-state index in [9.17, 15) is 19.5 Å². The van der Waals surface area contributed by atoms with E-state index in [1.807, 2.05) is 38.4 Å². The molecule has 0 radical (unpaired) electrons. The first-order valence-corrected chi connectivity index (χ1v) is 12.3. The molecule has 0 aromatic heterocycles. The van der Waals surface area contributed by atoms with E-state index in [0.717, 1.165) is 37.8 Å². The van der Waals surface area contributed by atoms with Crippen LogP contribution in [-0.2, 0) is 9.59 Å². The van der Waals surface area contributed by atoms with Crippen LogP contribution in [0.15, 0.2) is 48.5 Å². The van der Waals surface area contributed by atoms with E-state index in [1.165, 1.54) is 6.42 Å². The molecule has 0 aliphatic heterocycles. The van der Waals surface area contributed by atoms with Gasteiger partial charge < -0.3 is 29.7 Å². The number of hydrogen-bond donors (Lipinski definition) is 3. The van der Waals surface area contributed by atoms with Crippen molar-refractivity contribution >= 4 is 17.9 Å². The van der Waals surface area contributed by atoms with Crippen molar-refractivity contribution < 1.29 is 39.2 Å². The highest BCUT2D eigenvalue weighted by atomic mass is 16.5. The van der Waals surface area contributed by atoms with Crippen LogP contribution in [0.5, 0.6) is 11.5 Å². The van der Waals surface area contributed by atoms with Crippen LogP contribution < -0.4 is 9.47 Å². The van der Waals surface area contributed by atoms with Gasteiger partial charge in [-0.1, -0.05) is 31.4 Å². The Labute approximate surface area is 217 Å². The van der Waals surface area contributed by atoms with Gasteiger partial charge in [-0.3, -0.25) is 9.59 Å². The second-order valence-electron chi connectivity index (χ2n) is 9.45. The zero-order valence-electron chi connectivity index (χ0n) is 21.7. The Morgan fingerprint density at radius 3 is 1.84 bits per heavy atom. The molecule has 0 bridgehead atoms.